The number of alkyl halides is 1. The van der Waals surface area contributed by atoms with Crippen LogP contribution in [0, 0.1) is 0 Å². The monoisotopic (exact) mass is 184 g/mol. The van der Waals surface area contributed by atoms with Crippen molar-refractivity contribution < 1.29 is 16.7 Å². The molecule has 1 fully saturated rings. The first-order valence-corrected chi connectivity index (χ1v) is 5.04. The van der Waals surface area contributed by atoms with Gasteiger partial charge < -0.3 is 0 Å². The Kier molecular flexibility index (Phi) is 2.47. The molecule has 1 aliphatic carbocycles. The van der Waals surface area contributed by atoms with Crippen molar-refractivity contribution in [3.05, 3.63) is 0 Å². The normalized spacial score (nSPS) is 33.6. The van der Waals surface area contributed by atoms with E-state index in [4.69, 9.17) is 0 Å². The van der Waals surface area contributed by atoms with Crippen molar-refractivity contribution in [2.45, 2.75) is 37.1 Å². The summed E-state index contributed by atoms with van der Waals surface area (Å²) in [5, 5.41) is -1.39. The van der Waals surface area contributed by atoms with Crippen LogP contribution in [-0.4, -0.2) is 19.8 Å². The summed E-state index contributed by atoms with van der Waals surface area (Å²) in [4.78, 5) is 0. The topological polar surface area (TPSA) is 34.1 Å². The fraction of sp³-hybridized carbons (Fsp3) is 1.00. The largest absolute Gasteiger partial charge is 0.308 e. The van der Waals surface area contributed by atoms with E-state index in [1.165, 1.54) is 0 Å². The van der Waals surface area contributed by atoms with Crippen LogP contribution in [0.1, 0.15) is 25.7 Å². The first-order chi connectivity index (χ1) is 5.02. The molecule has 2 atom stereocenters. The summed E-state index contributed by atoms with van der Waals surface area (Å²) in [6.45, 7) is 0. The molecule has 0 radical (unpaired) electrons. The van der Waals surface area contributed by atoms with Crippen molar-refractivity contribution in [2.24, 2.45) is 0 Å². The molecule has 0 aliphatic heterocycles. The third kappa shape index (κ3) is 2.12. The van der Waals surface area contributed by atoms with Crippen molar-refractivity contribution in [3.8, 4) is 0 Å². The molecule has 0 bridgehead atoms. The van der Waals surface area contributed by atoms with Crippen molar-refractivity contribution in [3.63, 3.8) is 0 Å². The summed E-state index contributed by atoms with van der Waals surface area (Å²) in [7, 11) is -4.65. The molecule has 0 heterocycles. The average Bonchev–Trinajstić information content (AvgIpc) is 1.86. The second kappa shape index (κ2) is 3.05. The summed E-state index contributed by atoms with van der Waals surface area (Å²) >= 11 is 0. The second-order valence-electron chi connectivity index (χ2n) is 2.81. The van der Waals surface area contributed by atoms with Gasteiger partial charge in [0.05, 0.1) is 0 Å². The minimum Gasteiger partial charge on any atom is -0.246 e. The Balaban J connectivity index is 2.70. The van der Waals surface area contributed by atoms with Crippen molar-refractivity contribution >= 4 is 10.2 Å². The van der Waals surface area contributed by atoms with Crippen LogP contribution in [0.25, 0.3) is 0 Å². The highest BCUT2D eigenvalue weighted by Gasteiger charge is 2.35. The average molecular weight is 184 g/mol. The zero-order chi connectivity index (χ0) is 8.48. The number of rotatable bonds is 1. The highest BCUT2D eigenvalue weighted by atomic mass is 32.3. The third-order valence-corrected chi connectivity index (χ3v) is 3.24. The smallest absolute Gasteiger partial charge is 0.246 e. The second-order valence-corrected chi connectivity index (χ2v) is 4.37. The first-order valence-electron chi connectivity index (χ1n) is 3.59. The SMILES string of the molecule is O=S(=O)(F)C1CCCCC1F. The van der Waals surface area contributed by atoms with E-state index in [-0.39, 0.29) is 12.8 Å². The van der Waals surface area contributed by atoms with Gasteiger partial charge in [-0.05, 0) is 12.8 Å². The van der Waals surface area contributed by atoms with E-state index in [2.05, 4.69) is 0 Å². The van der Waals surface area contributed by atoms with Gasteiger partial charge in [0.15, 0.2) is 0 Å². The van der Waals surface area contributed by atoms with Crippen LogP contribution in [0.3, 0.4) is 0 Å². The summed E-state index contributed by atoms with van der Waals surface area (Å²) in [6, 6.07) is 0. The van der Waals surface area contributed by atoms with Crippen LogP contribution in [0.15, 0.2) is 0 Å². The Morgan fingerprint density at radius 3 is 2.09 bits per heavy atom. The van der Waals surface area contributed by atoms with Gasteiger partial charge in [-0.3, -0.25) is 0 Å². The number of hydrogen-bond acceptors (Lipinski definition) is 2. The third-order valence-electron chi connectivity index (χ3n) is 1.98. The maximum atomic E-state index is 12.7. The molecule has 0 spiro atoms. The molecule has 0 saturated heterocycles. The molecule has 0 aromatic rings. The van der Waals surface area contributed by atoms with Crippen LogP contribution in [0.5, 0.6) is 0 Å². The number of hydrogen-bond donors (Lipinski definition) is 0. The van der Waals surface area contributed by atoms with Gasteiger partial charge in [0.1, 0.15) is 11.4 Å². The maximum Gasteiger partial charge on any atom is 0.308 e. The molecule has 11 heavy (non-hydrogen) atoms. The molecule has 0 N–H and O–H groups in total. The van der Waals surface area contributed by atoms with E-state index in [0.29, 0.717) is 12.8 Å². The van der Waals surface area contributed by atoms with Gasteiger partial charge in [-0.1, -0.05) is 12.8 Å². The van der Waals surface area contributed by atoms with Gasteiger partial charge in [0.2, 0.25) is 0 Å². The van der Waals surface area contributed by atoms with Gasteiger partial charge in [-0.25, -0.2) is 4.39 Å². The lowest BCUT2D eigenvalue weighted by atomic mass is 9.98. The van der Waals surface area contributed by atoms with Crippen molar-refractivity contribution in [1.29, 1.82) is 0 Å². The van der Waals surface area contributed by atoms with Gasteiger partial charge in [-0.2, -0.15) is 8.42 Å². The molecule has 0 amide bonds. The highest BCUT2D eigenvalue weighted by Crippen LogP contribution is 2.27. The summed E-state index contributed by atoms with van der Waals surface area (Å²) < 4.78 is 45.6. The minimum atomic E-state index is -4.65. The van der Waals surface area contributed by atoms with Gasteiger partial charge >= 0.3 is 10.2 Å². The Morgan fingerprint density at radius 1 is 1.18 bits per heavy atom. The Hall–Kier alpha value is -0.190. The van der Waals surface area contributed by atoms with Gasteiger partial charge in [0, 0.05) is 0 Å². The van der Waals surface area contributed by atoms with Gasteiger partial charge in [0.25, 0.3) is 0 Å². The molecule has 1 saturated carbocycles. The van der Waals surface area contributed by atoms with E-state index in [1.54, 1.807) is 0 Å². The molecule has 0 aromatic heterocycles. The summed E-state index contributed by atoms with van der Waals surface area (Å²) in [5.74, 6) is 0. The molecule has 5 heteroatoms. The molecular weight excluding hydrogens is 174 g/mol. The summed E-state index contributed by atoms with van der Waals surface area (Å²) in [6.07, 6.45) is 0.0636. The first kappa shape index (κ1) is 8.90. The fourth-order valence-electron chi connectivity index (χ4n) is 1.37. The molecule has 2 nitrogen and oxygen atoms in total. The Bertz CT molecular complexity index is 225. The van der Waals surface area contributed by atoms with Crippen LogP contribution < -0.4 is 0 Å². The molecule has 1 rings (SSSR count). The highest BCUT2D eigenvalue weighted by molar-refractivity contribution is 7.87. The van der Waals surface area contributed by atoms with E-state index < -0.39 is 21.6 Å². The van der Waals surface area contributed by atoms with E-state index in [9.17, 15) is 16.7 Å². The van der Waals surface area contributed by atoms with Crippen molar-refractivity contribution in [1.82, 2.24) is 0 Å². The molecular formula is C6H10F2O2S. The van der Waals surface area contributed by atoms with Crippen LogP contribution in [0.4, 0.5) is 8.28 Å². The Morgan fingerprint density at radius 2 is 1.73 bits per heavy atom. The lowest BCUT2D eigenvalue weighted by Gasteiger charge is -2.21. The van der Waals surface area contributed by atoms with Crippen LogP contribution in [0.2, 0.25) is 0 Å². The Labute approximate surface area is 64.8 Å². The summed E-state index contributed by atoms with van der Waals surface area (Å²) in [5.41, 5.74) is 0. The molecule has 2 unspecified atom stereocenters. The van der Waals surface area contributed by atoms with E-state index >= 15 is 0 Å². The van der Waals surface area contributed by atoms with Gasteiger partial charge in [-0.15, -0.1) is 3.89 Å². The standard InChI is InChI=1S/C6H10F2O2S/c7-5-3-1-2-4-6(5)11(8,9)10/h5-6H,1-4H2. The molecule has 0 aromatic carbocycles. The zero-order valence-corrected chi connectivity index (χ0v) is 6.78. The molecule has 66 valence electrons. The minimum absolute atomic E-state index is 0.125. The van der Waals surface area contributed by atoms with E-state index in [1.807, 2.05) is 0 Å². The lowest BCUT2D eigenvalue weighted by molar-refractivity contribution is 0.249. The van der Waals surface area contributed by atoms with E-state index in [0.717, 1.165) is 0 Å². The predicted molar refractivity (Wildman–Crippen MR) is 37.2 cm³/mol. The van der Waals surface area contributed by atoms with Crippen molar-refractivity contribution in [2.75, 3.05) is 0 Å². The fourth-order valence-corrected chi connectivity index (χ4v) is 2.31. The quantitative estimate of drug-likeness (QED) is 0.579. The number of halogens is 2. The van der Waals surface area contributed by atoms with Crippen LogP contribution in [-0.2, 0) is 10.2 Å². The lowest BCUT2D eigenvalue weighted by Crippen LogP contribution is -2.31. The van der Waals surface area contributed by atoms with Crippen LogP contribution >= 0.6 is 0 Å². The maximum absolute atomic E-state index is 12.7. The zero-order valence-electron chi connectivity index (χ0n) is 5.96. The predicted octanol–water partition coefficient (Wildman–Crippen LogP) is 1.57. The molecule has 1 aliphatic rings.